The predicted molar refractivity (Wildman–Crippen MR) is 111 cm³/mol. The van der Waals surface area contributed by atoms with Gasteiger partial charge in [0.25, 0.3) is 0 Å². The molecule has 170 valence electrons. The summed E-state index contributed by atoms with van der Waals surface area (Å²) in [6.07, 6.45) is -6.53. The highest BCUT2D eigenvalue weighted by molar-refractivity contribution is 5.88. The average Bonchev–Trinajstić information content (AvgIpc) is 2.76. The van der Waals surface area contributed by atoms with Gasteiger partial charge in [-0.3, -0.25) is 4.79 Å². The summed E-state index contributed by atoms with van der Waals surface area (Å²) in [4.78, 5) is 13.0. The molecule has 1 aliphatic heterocycles. The number of rotatable bonds is 4. The molecule has 4 rings (SSSR count). The fraction of sp³-hybridized carbons (Fsp3) is 0.318. The predicted octanol–water partition coefficient (Wildman–Crippen LogP) is 1.09. The lowest BCUT2D eigenvalue weighted by molar-refractivity contribution is -0.268. The first kappa shape index (κ1) is 21.9. The number of fused-ring (bicyclic) bond motifs is 1. The standard InChI is InChI=1S/C22H22O10/c1-9-16(25)18(27)19(28)22(30-9)31-12-7-13(24)15-14(8-12)32-20(21(29-2)17(15)26)10-3-5-11(23)6-4-10/h3-9,16,18-19,22-25,27-28H,1-2H3/t9-,16-,18-,19-,22+/m0/s1. The van der Waals surface area contributed by atoms with Crippen LogP contribution in [0.5, 0.6) is 23.0 Å². The third kappa shape index (κ3) is 3.73. The summed E-state index contributed by atoms with van der Waals surface area (Å²) in [5.41, 5.74) is -0.212. The minimum atomic E-state index is -1.56. The van der Waals surface area contributed by atoms with E-state index in [1.54, 1.807) is 0 Å². The molecule has 5 atom stereocenters. The molecule has 0 saturated carbocycles. The van der Waals surface area contributed by atoms with Crippen LogP contribution in [0.1, 0.15) is 6.92 Å². The molecule has 0 radical (unpaired) electrons. The number of methoxy groups -OCH3 is 1. The van der Waals surface area contributed by atoms with E-state index in [-0.39, 0.29) is 34.0 Å². The maximum absolute atomic E-state index is 13.0. The second-order valence-corrected chi connectivity index (χ2v) is 7.46. The van der Waals surface area contributed by atoms with E-state index in [1.807, 2.05) is 0 Å². The molecule has 1 fully saturated rings. The number of benzene rings is 2. The number of hydrogen-bond donors (Lipinski definition) is 5. The normalized spacial score (nSPS) is 25.6. The summed E-state index contributed by atoms with van der Waals surface area (Å²) >= 11 is 0. The number of phenolic OH excluding ortho intramolecular Hbond substituents is 2. The first-order chi connectivity index (χ1) is 15.2. The van der Waals surface area contributed by atoms with Gasteiger partial charge in [0, 0.05) is 17.7 Å². The topological polar surface area (TPSA) is 159 Å². The zero-order valence-electron chi connectivity index (χ0n) is 17.1. The summed E-state index contributed by atoms with van der Waals surface area (Å²) in [7, 11) is 1.29. The van der Waals surface area contributed by atoms with Crippen LogP contribution in [-0.2, 0) is 4.74 Å². The van der Waals surface area contributed by atoms with Gasteiger partial charge in [-0.2, -0.15) is 0 Å². The number of aliphatic hydroxyl groups excluding tert-OH is 3. The Morgan fingerprint density at radius 2 is 1.66 bits per heavy atom. The Labute approximate surface area is 181 Å². The number of hydrogen-bond acceptors (Lipinski definition) is 10. The Kier molecular flexibility index (Phi) is 5.70. The molecule has 2 heterocycles. The van der Waals surface area contributed by atoms with Gasteiger partial charge in [0.15, 0.2) is 5.76 Å². The van der Waals surface area contributed by atoms with Crippen molar-refractivity contribution in [3.8, 4) is 34.3 Å². The first-order valence-electron chi connectivity index (χ1n) is 9.74. The van der Waals surface area contributed by atoms with Gasteiger partial charge in [0.05, 0.1) is 13.2 Å². The lowest BCUT2D eigenvalue weighted by Gasteiger charge is -2.38. The van der Waals surface area contributed by atoms with E-state index in [9.17, 15) is 30.3 Å². The number of aromatic hydroxyl groups is 2. The molecule has 0 bridgehead atoms. The van der Waals surface area contributed by atoms with Crippen LogP contribution in [0.3, 0.4) is 0 Å². The van der Waals surface area contributed by atoms with Crippen molar-refractivity contribution in [3.63, 3.8) is 0 Å². The van der Waals surface area contributed by atoms with E-state index in [1.165, 1.54) is 44.4 Å². The van der Waals surface area contributed by atoms with E-state index in [0.29, 0.717) is 5.56 Å². The van der Waals surface area contributed by atoms with Crippen molar-refractivity contribution in [3.05, 3.63) is 46.6 Å². The molecule has 0 spiro atoms. The number of aliphatic hydroxyl groups is 3. The molecular formula is C22H22O10. The Morgan fingerprint density at radius 1 is 0.969 bits per heavy atom. The molecule has 0 unspecified atom stereocenters. The van der Waals surface area contributed by atoms with Crippen molar-refractivity contribution in [2.45, 2.75) is 37.6 Å². The van der Waals surface area contributed by atoms with E-state index in [2.05, 4.69) is 0 Å². The van der Waals surface area contributed by atoms with Crippen LogP contribution in [0.15, 0.2) is 45.6 Å². The van der Waals surface area contributed by atoms with Crippen LogP contribution in [0.4, 0.5) is 0 Å². The Morgan fingerprint density at radius 3 is 2.31 bits per heavy atom. The van der Waals surface area contributed by atoms with Crippen molar-refractivity contribution in [2.75, 3.05) is 7.11 Å². The lowest BCUT2D eigenvalue weighted by Crippen LogP contribution is -2.58. The zero-order chi connectivity index (χ0) is 23.2. The Hall–Kier alpha value is -3.31. The van der Waals surface area contributed by atoms with Gasteiger partial charge < -0.3 is 44.2 Å². The van der Waals surface area contributed by atoms with E-state index >= 15 is 0 Å². The molecule has 1 saturated heterocycles. The monoisotopic (exact) mass is 446 g/mol. The fourth-order valence-electron chi connectivity index (χ4n) is 3.56. The fourth-order valence-corrected chi connectivity index (χ4v) is 3.56. The number of phenols is 2. The molecule has 1 aliphatic rings. The third-order valence-corrected chi connectivity index (χ3v) is 5.30. The van der Waals surface area contributed by atoms with Gasteiger partial charge in [-0.25, -0.2) is 0 Å². The second-order valence-electron chi connectivity index (χ2n) is 7.46. The van der Waals surface area contributed by atoms with Crippen LogP contribution in [-0.4, -0.2) is 63.3 Å². The molecule has 1 aromatic heterocycles. The molecule has 3 aromatic rings. The minimum absolute atomic E-state index is 0.0141. The maximum atomic E-state index is 13.0. The van der Waals surface area contributed by atoms with Gasteiger partial charge in [-0.15, -0.1) is 0 Å². The molecule has 2 aromatic carbocycles. The molecule has 5 N–H and O–H groups in total. The van der Waals surface area contributed by atoms with Gasteiger partial charge in [0.2, 0.25) is 17.5 Å². The molecular weight excluding hydrogens is 424 g/mol. The quantitative estimate of drug-likeness (QED) is 0.393. The van der Waals surface area contributed by atoms with Crippen molar-refractivity contribution in [1.29, 1.82) is 0 Å². The van der Waals surface area contributed by atoms with Gasteiger partial charge in [-0.1, -0.05) is 0 Å². The lowest BCUT2D eigenvalue weighted by atomic mass is 10.00. The second kappa shape index (κ2) is 8.32. The van der Waals surface area contributed by atoms with Crippen LogP contribution >= 0.6 is 0 Å². The van der Waals surface area contributed by atoms with Gasteiger partial charge >= 0.3 is 0 Å². The SMILES string of the molecule is COc1c(-c2ccc(O)cc2)oc2cc(O[C@H]3O[C@@H](C)[C@H](O)[C@H](O)[C@@H]3O)cc(O)c2c1=O. The minimum Gasteiger partial charge on any atom is -0.508 e. The van der Waals surface area contributed by atoms with Crippen LogP contribution in [0, 0.1) is 0 Å². The van der Waals surface area contributed by atoms with Gasteiger partial charge in [-0.05, 0) is 31.2 Å². The molecule has 10 nitrogen and oxygen atoms in total. The molecule has 10 heteroatoms. The third-order valence-electron chi connectivity index (χ3n) is 5.30. The van der Waals surface area contributed by atoms with Crippen molar-refractivity contribution < 1.29 is 44.2 Å². The van der Waals surface area contributed by atoms with E-state index in [0.717, 1.165) is 6.07 Å². The summed E-state index contributed by atoms with van der Waals surface area (Å²) in [5, 5.41) is 49.8. The van der Waals surface area contributed by atoms with Crippen LogP contribution < -0.4 is 14.9 Å². The van der Waals surface area contributed by atoms with Crippen LogP contribution in [0.2, 0.25) is 0 Å². The highest BCUT2D eigenvalue weighted by Gasteiger charge is 2.43. The summed E-state index contributed by atoms with van der Waals surface area (Å²) in [5.74, 6) is -0.510. The molecule has 0 amide bonds. The molecule has 32 heavy (non-hydrogen) atoms. The van der Waals surface area contributed by atoms with Gasteiger partial charge in [0.1, 0.15) is 46.5 Å². The first-order valence-corrected chi connectivity index (χ1v) is 9.74. The highest BCUT2D eigenvalue weighted by atomic mass is 16.7. The molecule has 0 aliphatic carbocycles. The summed E-state index contributed by atoms with van der Waals surface area (Å²) in [6.45, 7) is 1.50. The smallest absolute Gasteiger partial charge is 0.239 e. The largest absolute Gasteiger partial charge is 0.508 e. The Bertz CT molecular complexity index is 1190. The zero-order valence-corrected chi connectivity index (χ0v) is 17.1. The highest BCUT2D eigenvalue weighted by Crippen LogP contribution is 2.37. The van der Waals surface area contributed by atoms with E-state index < -0.39 is 41.9 Å². The maximum Gasteiger partial charge on any atom is 0.239 e. The van der Waals surface area contributed by atoms with Crippen molar-refractivity contribution >= 4 is 11.0 Å². The van der Waals surface area contributed by atoms with Crippen molar-refractivity contribution in [2.24, 2.45) is 0 Å². The summed E-state index contributed by atoms with van der Waals surface area (Å²) in [6, 6.07) is 8.34. The number of ether oxygens (including phenoxy) is 3. The van der Waals surface area contributed by atoms with E-state index in [4.69, 9.17) is 18.6 Å². The van der Waals surface area contributed by atoms with Crippen molar-refractivity contribution in [1.82, 2.24) is 0 Å². The van der Waals surface area contributed by atoms with Crippen LogP contribution in [0.25, 0.3) is 22.3 Å². The Balaban J connectivity index is 1.79. The average molecular weight is 446 g/mol. The summed E-state index contributed by atoms with van der Waals surface area (Å²) < 4.78 is 22.0.